The van der Waals surface area contributed by atoms with Gasteiger partial charge in [0.25, 0.3) is 0 Å². The van der Waals surface area contributed by atoms with Crippen LogP contribution in [0.3, 0.4) is 0 Å². The van der Waals surface area contributed by atoms with E-state index < -0.39 is 5.97 Å². The minimum absolute atomic E-state index is 0.311. The number of methoxy groups -OCH3 is 3. The molecule has 0 fully saturated rings. The van der Waals surface area contributed by atoms with Crippen LogP contribution in [0.15, 0.2) is 35.1 Å². The molecule has 0 amide bonds. The fourth-order valence-electron chi connectivity index (χ4n) is 1.89. The molecule has 2 aromatic rings. The number of ether oxygens (including phenoxy) is 3. The molecule has 5 nitrogen and oxygen atoms in total. The van der Waals surface area contributed by atoms with Crippen molar-refractivity contribution in [3.63, 3.8) is 0 Å². The molecule has 1 aromatic heterocycles. The maximum Gasteiger partial charge on any atom is 0.342 e. The molecule has 0 aliphatic heterocycles. The summed E-state index contributed by atoms with van der Waals surface area (Å²) in [5.41, 5.74) is 1.74. The standard InChI is InChI=1S/C14H14O5/c1-16-11-5-4-10(9-6-7-19-8-9)12(13(11)17-2)14(15)18-3/h4-8H,1-3H3. The van der Waals surface area contributed by atoms with Crippen molar-refractivity contribution in [3.05, 3.63) is 36.3 Å². The van der Waals surface area contributed by atoms with Crippen molar-refractivity contribution in [3.8, 4) is 22.6 Å². The molecule has 19 heavy (non-hydrogen) atoms. The summed E-state index contributed by atoms with van der Waals surface area (Å²) in [6.07, 6.45) is 3.08. The maximum absolute atomic E-state index is 12.0. The van der Waals surface area contributed by atoms with Gasteiger partial charge < -0.3 is 18.6 Å². The highest BCUT2D eigenvalue weighted by atomic mass is 16.5. The third kappa shape index (κ3) is 2.27. The molecule has 1 heterocycles. The van der Waals surface area contributed by atoms with Crippen molar-refractivity contribution >= 4 is 5.97 Å². The number of rotatable bonds is 4. The van der Waals surface area contributed by atoms with E-state index in [2.05, 4.69) is 0 Å². The third-order valence-corrected chi connectivity index (χ3v) is 2.77. The maximum atomic E-state index is 12.0. The average molecular weight is 262 g/mol. The molecule has 1 aromatic carbocycles. The lowest BCUT2D eigenvalue weighted by molar-refractivity contribution is 0.0597. The van der Waals surface area contributed by atoms with Crippen molar-refractivity contribution in [2.24, 2.45) is 0 Å². The molecule has 0 aliphatic rings. The van der Waals surface area contributed by atoms with Crippen LogP contribution in [-0.4, -0.2) is 27.3 Å². The van der Waals surface area contributed by atoms with Gasteiger partial charge in [0.1, 0.15) is 5.56 Å². The first-order valence-electron chi connectivity index (χ1n) is 5.58. The number of hydrogen-bond acceptors (Lipinski definition) is 5. The van der Waals surface area contributed by atoms with Gasteiger partial charge in [0, 0.05) is 11.1 Å². The van der Waals surface area contributed by atoms with Crippen molar-refractivity contribution in [2.45, 2.75) is 0 Å². The van der Waals surface area contributed by atoms with E-state index in [1.807, 2.05) is 0 Å². The Morgan fingerprint density at radius 2 is 1.89 bits per heavy atom. The third-order valence-electron chi connectivity index (χ3n) is 2.77. The van der Waals surface area contributed by atoms with Crippen LogP contribution < -0.4 is 9.47 Å². The Hall–Kier alpha value is -2.43. The van der Waals surface area contributed by atoms with E-state index in [1.165, 1.54) is 27.6 Å². The van der Waals surface area contributed by atoms with Crippen LogP contribution in [0, 0.1) is 0 Å². The highest BCUT2D eigenvalue weighted by molar-refractivity contribution is 6.01. The van der Waals surface area contributed by atoms with Gasteiger partial charge in [0.15, 0.2) is 11.5 Å². The fraction of sp³-hybridized carbons (Fsp3) is 0.214. The first kappa shape index (κ1) is 13.0. The van der Waals surface area contributed by atoms with E-state index in [4.69, 9.17) is 18.6 Å². The van der Waals surface area contributed by atoms with Crippen molar-refractivity contribution < 1.29 is 23.4 Å². The highest BCUT2D eigenvalue weighted by Gasteiger charge is 2.23. The summed E-state index contributed by atoms with van der Waals surface area (Å²) in [6, 6.07) is 5.25. The molecule has 0 radical (unpaired) electrons. The van der Waals surface area contributed by atoms with Gasteiger partial charge in [0.05, 0.1) is 33.9 Å². The van der Waals surface area contributed by atoms with Gasteiger partial charge in [-0.15, -0.1) is 0 Å². The molecule has 0 spiro atoms. The molecule has 100 valence electrons. The number of esters is 1. The number of hydrogen-bond donors (Lipinski definition) is 0. The molecule has 2 rings (SSSR count). The molecular weight excluding hydrogens is 248 g/mol. The Morgan fingerprint density at radius 1 is 1.11 bits per heavy atom. The number of carbonyl (C=O) groups is 1. The minimum atomic E-state index is -0.494. The molecule has 5 heteroatoms. The minimum Gasteiger partial charge on any atom is -0.493 e. The molecular formula is C14H14O5. The lowest BCUT2D eigenvalue weighted by Crippen LogP contribution is -2.07. The number of benzene rings is 1. The molecule has 0 atom stereocenters. The summed E-state index contributed by atoms with van der Waals surface area (Å²) in [4.78, 5) is 12.0. The van der Waals surface area contributed by atoms with E-state index in [0.717, 1.165) is 5.56 Å². The van der Waals surface area contributed by atoms with Crippen LogP contribution >= 0.6 is 0 Å². The van der Waals surface area contributed by atoms with E-state index >= 15 is 0 Å². The number of furan rings is 1. The summed E-state index contributed by atoms with van der Waals surface area (Å²) in [7, 11) is 4.31. The van der Waals surface area contributed by atoms with Crippen LogP contribution in [0.4, 0.5) is 0 Å². The summed E-state index contributed by atoms with van der Waals surface area (Å²) in [5, 5.41) is 0. The Balaban J connectivity index is 2.70. The molecule has 0 bridgehead atoms. The van der Waals surface area contributed by atoms with E-state index in [1.54, 1.807) is 24.5 Å². The Morgan fingerprint density at radius 3 is 2.42 bits per heavy atom. The topological polar surface area (TPSA) is 57.9 Å². The summed E-state index contributed by atoms with van der Waals surface area (Å²) in [5.74, 6) is 0.315. The quantitative estimate of drug-likeness (QED) is 0.793. The Labute approximate surface area is 110 Å². The summed E-state index contributed by atoms with van der Waals surface area (Å²) >= 11 is 0. The zero-order chi connectivity index (χ0) is 13.8. The second-order valence-corrected chi connectivity index (χ2v) is 3.73. The molecule has 0 unspecified atom stereocenters. The second kappa shape index (κ2) is 5.48. The predicted molar refractivity (Wildman–Crippen MR) is 68.6 cm³/mol. The lowest BCUT2D eigenvalue weighted by atomic mass is 10.0. The van der Waals surface area contributed by atoms with Gasteiger partial charge in [-0.2, -0.15) is 0 Å². The van der Waals surface area contributed by atoms with Gasteiger partial charge in [0.2, 0.25) is 0 Å². The Bertz CT molecular complexity index is 572. The fourth-order valence-corrected chi connectivity index (χ4v) is 1.89. The predicted octanol–water partition coefficient (Wildman–Crippen LogP) is 2.75. The van der Waals surface area contributed by atoms with Crippen molar-refractivity contribution in [1.29, 1.82) is 0 Å². The van der Waals surface area contributed by atoms with Gasteiger partial charge in [-0.05, 0) is 18.2 Å². The smallest absolute Gasteiger partial charge is 0.342 e. The Kier molecular flexibility index (Phi) is 3.75. The van der Waals surface area contributed by atoms with Crippen LogP contribution in [-0.2, 0) is 4.74 Å². The van der Waals surface area contributed by atoms with Crippen LogP contribution in [0.1, 0.15) is 10.4 Å². The zero-order valence-electron chi connectivity index (χ0n) is 10.9. The van der Waals surface area contributed by atoms with Crippen molar-refractivity contribution in [1.82, 2.24) is 0 Å². The first-order valence-corrected chi connectivity index (χ1v) is 5.58. The molecule has 0 saturated heterocycles. The monoisotopic (exact) mass is 262 g/mol. The lowest BCUT2D eigenvalue weighted by Gasteiger charge is -2.14. The van der Waals surface area contributed by atoms with Crippen LogP contribution in [0.5, 0.6) is 11.5 Å². The summed E-state index contributed by atoms with van der Waals surface area (Å²) < 4.78 is 20.3. The normalized spacial score (nSPS) is 10.1. The average Bonchev–Trinajstić information content (AvgIpc) is 2.98. The highest BCUT2D eigenvalue weighted by Crippen LogP contribution is 2.38. The van der Waals surface area contributed by atoms with Gasteiger partial charge in [-0.1, -0.05) is 0 Å². The van der Waals surface area contributed by atoms with E-state index in [9.17, 15) is 4.79 Å². The molecule has 0 saturated carbocycles. The molecule has 0 aliphatic carbocycles. The van der Waals surface area contributed by atoms with Crippen molar-refractivity contribution in [2.75, 3.05) is 21.3 Å². The van der Waals surface area contributed by atoms with Gasteiger partial charge in [-0.25, -0.2) is 4.79 Å². The first-order chi connectivity index (χ1) is 9.22. The SMILES string of the molecule is COC(=O)c1c(-c2ccoc2)ccc(OC)c1OC. The second-order valence-electron chi connectivity index (χ2n) is 3.73. The van der Waals surface area contributed by atoms with E-state index in [0.29, 0.717) is 22.6 Å². The number of carbonyl (C=O) groups excluding carboxylic acids is 1. The van der Waals surface area contributed by atoms with Crippen LogP contribution in [0.25, 0.3) is 11.1 Å². The van der Waals surface area contributed by atoms with Gasteiger partial charge >= 0.3 is 5.97 Å². The van der Waals surface area contributed by atoms with Gasteiger partial charge in [-0.3, -0.25) is 0 Å². The van der Waals surface area contributed by atoms with E-state index in [-0.39, 0.29) is 0 Å². The zero-order valence-corrected chi connectivity index (χ0v) is 10.9. The van der Waals surface area contributed by atoms with Crippen LogP contribution in [0.2, 0.25) is 0 Å². The summed E-state index contributed by atoms with van der Waals surface area (Å²) in [6.45, 7) is 0. The molecule has 0 N–H and O–H groups in total. The largest absolute Gasteiger partial charge is 0.493 e.